The van der Waals surface area contributed by atoms with Crippen molar-refractivity contribution in [2.24, 2.45) is 0 Å². The quantitative estimate of drug-likeness (QED) is 0.176. The highest BCUT2D eigenvalue weighted by Gasteiger charge is 2.35. The fraction of sp³-hybridized carbons (Fsp3) is 0.0196. The first kappa shape index (κ1) is 34.6. The van der Waals surface area contributed by atoms with Gasteiger partial charge in [0.2, 0.25) is 0 Å². The van der Waals surface area contributed by atoms with Crippen LogP contribution in [0.25, 0.3) is 88.4 Å². The first-order valence-electron chi connectivity index (χ1n) is 18.7. The number of aromatic nitrogens is 2. The van der Waals surface area contributed by atoms with Crippen molar-refractivity contribution in [1.82, 2.24) is 9.13 Å². The van der Waals surface area contributed by atoms with Crippen LogP contribution in [0.15, 0.2) is 176 Å². The Kier molecular flexibility index (Phi) is 8.00. The molecule has 58 heavy (non-hydrogen) atoms. The summed E-state index contributed by atoms with van der Waals surface area (Å²) in [5.41, 5.74) is 7.47. The smallest absolute Gasteiger partial charge is 0.309 e. The van der Waals surface area contributed by atoms with E-state index >= 15 is 13.2 Å². The second-order valence-electron chi connectivity index (χ2n) is 14.3. The highest BCUT2D eigenvalue weighted by Crippen LogP contribution is 2.45. The Morgan fingerprint density at radius 3 is 1.41 bits per heavy atom. The molecule has 0 atom stereocenters. The van der Waals surface area contributed by atoms with E-state index in [9.17, 15) is 10.5 Å². The number of rotatable bonds is 5. The second-order valence-corrected chi connectivity index (χ2v) is 14.3. The molecule has 4 nitrogen and oxygen atoms in total. The Morgan fingerprint density at radius 2 is 0.897 bits per heavy atom. The number of halogens is 3. The Labute approximate surface area is 331 Å². The van der Waals surface area contributed by atoms with Crippen LogP contribution in [0.4, 0.5) is 13.2 Å². The van der Waals surface area contributed by atoms with Crippen LogP contribution in [0.1, 0.15) is 16.7 Å². The van der Waals surface area contributed by atoms with Crippen LogP contribution in [0, 0.1) is 22.7 Å². The fourth-order valence-corrected chi connectivity index (χ4v) is 8.42. The topological polar surface area (TPSA) is 57.4 Å². The lowest BCUT2D eigenvalue weighted by Gasteiger charge is -2.21. The third-order valence-corrected chi connectivity index (χ3v) is 11.0. The molecule has 0 aliphatic rings. The summed E-state index contributed by atoms with van der Waals surface area (Å²) in [7, 11) is 0. The van der Waals surface area contributed by atoms with Gasteiger partial charge < -0.3 is 9.13 Å². The van der Waals surface area contributed by atoms with Gasteiger partial charge in [-0.15, -0.1) is 0 Å². The van der Waals surface area contributed by atoms with Gasteiger partial charge in [-0.1, -0.05) is 115 Å². The molecule has 0 saturated heterocycles. The number of para-hydroxylation sites is 2. The number of hydrogen-bond acceptors (Lipinski definition) is 2. The molecule has 0 aliphatic heterocycles. The van der Waals surface area contributed by atoms with Gasteiger partial charge in [-0.3, -0.25) is 0 Å². The largest absolute Gasteiger partial charge is 0.417 e. The van der Waals surface area contributed by atoms with Gasteiger partial charge in [-0.2, -0.15) is 23.7 Å². The zero-order chi connectivity index (χ0) is 39.5. The van der Waals surface area contributed by atoms with Crippen molar-refractivity contribution in [3.8, 4) is 56.9 Å². The minimum atomic E-state index is -4.79. The number of benzene rings is 8. The van der Waals surface area contributed by atoms with Crippen LogP contribution >= 0.6 is 0 Å². The lowest BCUT2D eigenvalue weighted by Crippen LogP contribution is -2.10. The number of hydrogen-bond donors (Lipinski definition) is 0. The lowest BCUT2D eigenvalue weighted by atomic mass is 9.93. The minimum Gasteiger partial charge on any atom is -0.309 e. The van der Waals surface area contributed by atoms with Crippen LogP contribution in [-0.4, -0.2) is 9.13 Å². The Hall–Kier alpha value is -7.87. The molecule has 0 aliphatic carbocycles. The molecule has 2 heterocycles. The molecule has 0 spiro atoms. The first-order chi connectivity index (χ1) is 28.3. The molecule has 0 radical (unpaired) electrons. The van der Waals surface area contributed by atoms with E-state index in [1.165, 1.54) is 12.1 Å². The van der Waals surface area contributed by atoms with Gasteiger partial charge in [0.25, 0.3) is 0 Å². The zero-order valence-corrected chi connectivity index (χ0v) is 30.7. The Balaban J connectivity index is 1.31. The summed E-state index contributed by atoms with van der Waals surface area (Å²) in [6.07, 6.45) is -4.79. The van der Waals surface area contributed by atoms with Gasteiger partial charge >= 0.3 is 6.18 Å². The number of nitrogens with zero attached hydrogens (tertiary/aromatic N) is 4. The maximum Gasteiger partial charge on any atom is 0.417 e. The molecule has 0 unspecified atom stereocenters. The molecule has 10 rings (SSSR count). The van der Waals surface area contributed by atoms with E-state index in [4.69, 9.17) is 0 Å². The molecule has 0 saturated carbocycles. The molecule has 7 heteroatoms. The third kappa shape index (κ3) is 5.52. The molecule has 8 aromatic carbocycles. The normalized spacial score (nSPS) is 11.7. The van der Waals surface area contributed by atoms with E-state index in [2.05, 4.69) is 18.2 Å². The molecule has 0 bridgehead atoms. The van der Waals surface area contributed by atoms with Crippen molar-refractivity contribution in [2.75, 3.05) is 0 Å². The van der Waals surface area contributed by atoms with Crippen molar-refractivity contribution in [1.29, 1.82) is 10.5 Å². The van der Waals surface area contributed by atoms with Crippen molar-refractivity contribution in [3.05, 3.63) is 193 Å². The monoisotopic (exact) mass is 754 g/mol. The molecule has 0 N–H and O–H groups in total. The van der Waals surface area contributed by atoms with Crippen LogP contribution < -0.4 is 0 Å². The number of fused-ring (bicyclic) bond motifs is 6. The predicted molar refractivity (Wildman–Crippen MR) is 226 cm³/mol. The molecule has 0 amide bonds. The maximum atomic E-state index is 15.2. The van der Waals surface area contributed by atoms with Crippen LogP contribution in [0.5, 0.6) is 0 Å². The summed E-state index contributed by atoms with van der Waals surface area (Å²) in [5, 5.41) is 24.4. The van der Waals surface area contributed by atoms with E-state index in [0.29, 0.717) is 11.4 Å². The summed E-state index contributed by atoms with van der Waals surface area (Å²) in [6, 6.07) is 59.4. The van der Waals surface area contributed by atoms with Crippen LogP contribution in [-0.2, 0) is 6.18 Å². The fourth-order valence-electron chi connectivity index (χ4n) is 8.42. The van der Waals surface area contributed by atoms with Gasteiger partial charge in [0.15, 0.2) is 0 Å². The average Bonchev–Trinajstić information content (AvgIpc) is 3.78. The summed E-state index contributed by atoms with van der Waals surface area (Å²) in [4.78, 5) is 0. The maximum absolute atomic E-state index is 15.2. The molecular weight excluding hydrogens is 726 g/mol. The standard InChI is InChI=1S/C51H29F3N4/c52-51(53,54)44-25-32(30-55)19-22-38(44)43-29-49(57-45-17-9-7-15-39(45)41-26-35(20-23-47(41)57)33-11-3-1-4-12-33)37(31-56)28-50(43)58-46-18-10-8-16-40(46)42-27-36(21-24-48(42)58)34-13-5-2-6-14-34/h1-29H. The number of alkyl halides is 3. The summed E-state index contributed by atoms with van der Waals surface area (Å²) >= 11 is 0. The number of nitriles is 2. The molecule has 274 valence electrons. The van der Waals surface area contributed by atoms with E-state index in [1.54, 1.807) is 12.1 Å². The first-order valence-corrected chi connectivity index (χ1v) is 18.7. The van der Waals surface area contributed by atoms with E-state index < -0.39 is 11.7 Å². The second kappa shape index (κ2) is 13.4. The van der Waals surface area contributed by atoms with E-state index in [0.717, 1.165) is 71.9 Å². The predicted octanol–water partition coefficient (Wildman–Crippen LogP) is 13.6. The van der Waals surface area contributed by atoms with Crippen molar-refractivity contribution >= 4 is 43.6 Å². The summed E-state index contributed by atoms with van der Waals surface area (Å²) in [5.74, 6) is 0. The molecule has 2 aromatic heterocycles. The van der Waals surface area contributed by atoms with Gasteiger partial charge in [0, 0.05) is 27.1 Å². The highest BCUT2D eigenvalue weighted by atomic mass is 19.4. The molecular formula is C51H29F3N4. The van der Waals surface area contributed by atoms with Gasteiger partial charge in [0.05, 0.1) is 56.2 Å². The van der Waals surface area contributed by atoms with Gasteiger partial charge in [-0.05, 0) is 88.5 Å². The van der Waals surface area contributed by atoms with Gasteiger partial charge in [0.1, 0.15) is 6.07 Å². The third-order valence-electron chi connectivity index (χ3n) is 11.0. The highest BCUT2D eigenvalue weighted by molar-refractivity contribution is 6.12. The van der Waals surface area contributed by atoms with E-state index in [1.807, 2.05) is 149 Å². The summed E-state index contributed by atoms with van der Waals surface area (Å²) in [6.45, 7) is 0. The molecule has 0 fully saturated rings. The lowest BCUT2D eigenvalue weighted by molar-refractivity contribution is -0.137. The molecule has 10 aromatic rings. The average molecular weight is 755 g/mol. The minimum absolute atomic E-state index is 0.103. The van der Waals surface area contributed by atoms with E-state index in [-0.39, 0.29) is 22.3 Å². The van der Waals surface area contributed by atoms with Gasteiger partial charge in [-0.25, -0.2) is 0 Å². The van der Waals surface area contributed by atoms with Crippen LogP contribution in [0.2, 0.25) is 0 Å². The SMILES string of the molecule is N#Cc1ccc(-c2cc(-n3c4ccccc4c4cc(-c5ccccc5)ccc43)c(C#N)cc2-n2c3ccccc3c3cc(-c4ccccc4)ccc32)c(C(F)(F)F)c1. The Bertz CT molecular complexity index is 3340. The van der Waals surface area contributed by atoms with Crippen LogP contribution in [0.3, 0.4) is 0 Å². The summed E-state index contributed by atoms with van der Waals surface area (Å²) < 4.78 is 49.5. The van der Waals surface area contributed by atoms with Crippen molar-refractivity contribution < 1.29 is 13.2 Å². The van der Waals surface area contributed by atoms with Crippen molar-refractivity contribution in [3.63, 3.8) is 0 Å². The Morgan fingerprint density at radius 1 is 0.397 bits per heavy atom. The zero-order valence-electron chi connectivity index (χ0n) is 30.7. The van der Waals surface area contributed by atoms with Crippen molar-refractivity contribution in [2.45, 2.75) is 6.18 Å².